The molecule has 0 fully saturated rings. The Bertz CT molecular complexity index is 2490. The molecule has 0 N–H and O–H groups in total. The van der Waals surface area contributed by atoms with Crippen LogP contribution in [-0.2, 0) is 0 Å². The minimum absolute atomic E-state index is 0.877. The largest absolute Gasteiger partial charge is 0.456 e. The number of rotatable bonds is 5. The number of anilines is 3. The maximum absolute atomic E-state index is 6.43. The third-order valence-corrected chi connectivity index (χ3v) is 9.86. The molecule has 0 saturated heterocycles. The molecule has 0 aliphatic carbocycles. The van der Waals surface area contributed by atoms with Crippen LogP contribution in [0, 0.1) is 0 Å². The van der Waals surface area contributed by atoms with Crippen LogP contribution in [0.25, 0.3) is 64.4 Å². The molecule has 9 aromatic rings. The van der Waals surface area contributed by atoms with Gasteiger partial charge in [-0.3, -0.25) is 0 Å². The zero-order chi connectivity index (χ0) is 29.7. The number of hydrogen-bond donors (Lipinski definition) is 0. The fraction of sp³-hybridized carbons (Fsp3) is 0. The number of benzene rings is 7. The fourth-order valence-corrected chi connectivity index (χ4v) is 7.87. The number of thiophene rings is 1. The molecular formula is C42H27NOS. The van der Waals surface area contributed by atoms with E-state index in [0.717, 1.165) is 33.3 Å². The van der Waals surface area contributed by atoms with Gasteiger partial charge in [-0.05, 0) is 53.1 Å². The molecule has 0 bridgehead atoms. The van der Waals surface area contributed by atoms with E-state index in [1.165, 1.54) is 48.1 Å². The second kappa shape index (κ2) is 10.5. The minimum Gasteiger partial charge on any atom is -0.456 e. The van der Waals surface area contributed by atoms with Gasteiger partial charge in [0.15, 0.2) is 0 Å². The minimum atomic E-state index is 0.877. The quantitative estimate of drug-likeness (QED) is 0.197. The average molecular weight is 594 g/mol. The zero-order valence-corrected chi connectivity index (χ0v) is 25.2. The lowest BCUT2D eigenvalue weighted by Crippen LogP contribution is -2.12. The predicted octanol–water partition coefficient (Wildman–Crippen LogP) is 12.8. The second-order valence-electron chi connectivity index (χ2n) is 11.3. The predicted molar refractivity (Wildman–Crippen MR) is 192 cm³/mol. The number of hydrogen-bond acceptors (Lipinski definition) is 3. The van der Waals surface area contributed by atoms with Crippen molar-refractivity contribution in [3.8, 4) is 22.3 Å². The van der Waals surface area contributed by atoms with Gasteiger partial charge in [0, 0.05) is 32.1 Å². The molecule has 0 saturated carbocycles. The molecule has 7 aromatic carbocycles. The summed E-state index contributed by atoms with van der Waals surface area (Å²) >= 11 is 1.86. The van der Waals surface area contributed by atoms with Crippen molar-refractivity contribution < 1.29 is 4.42 Å². The summed E-state index contributed by atoms with van der Waals surface area (Å²) in [4.78, 5) is 2.47. The summed E-state index contributed by atoms with van der Waals surface area (Å²) in [7, 11) is 0. The average Bonchev–Trinajstić information content (AvgIpc) is 3.69. The molecule has 0 aliphatic heterocycles. The van der Waals surface area contributed by atoms with Gasteiger partial charge in [-0.2, -0.15) is 0 Å². The zero-order valence-electron chi connectivity index (χ0n) is 24.4. The number of furan rings is 1. The maximum atomic E-state index is 6.43. The first kappa shape index (κ1) is 25.8. The molecule has 212 valence electrons. The lowest BCUT2D eigenvalue weighted by atomic mass is 9.98. The van der Waals surface area contributed by atoms with Crippen LogP contribution >= 0.6 is 11.3 Å². The molecule has 2 aromatic heterocycles. The smallest absolute Gasteiger partial charge is 0.137 e. The van der Waals surface area contributed by atoms with Crippen LogP contribution in [0.3, 0.4) is 0 Å². The van der Waals surface area contributed by atoms with E-state index >= 15 is 0 Å². The highest BCUT2D eigenvalue weighted by atomic mass is 32.1. The van der Waals surface area contributed by atoms with E-state index in [9.17, 15) is 0 Å². The van der Waals surface area contributed by atoms with Gasteiger partial charge in [0.2, 0.25) is 0 Å². The standard InChI is InChI=1S/C42H27NOS/c1-3-13-28(14-4-1)30-17-11-18-31(27-30)43(36-21-12-23-38-40(36)35-20-7-9-22-37(35)44-38)41-32(29-15-5-2-6-16-29)25-26-34-33-19-8-10-24-39(33)45-42(34)41/h1-27H. The molecule has 0 unspecified atom stereocenters. The van der Waals surface area contributed by atoms with Crippen LogP contribution in [0.4, 0.5) is 17.1 Å². The van der Waals surface area contributed by atoms with E-state index in [1.807, 2.05) is 17.4 Å². The molecule has 45 heavy (non-hydrogen) atoms. The summed E-state index contributed by atoms with van der Waals surface area (Å²) in [5.74, 6) is 0. The maximum Gasteiger partial charge on any atom is 0.137 e. The van der Waals surface area contributed by atoms with E-state index < -0.39 is 0 Å². The summed E-state index contributed by atoms with van der Waals surface area (Å²) in [6.07, 6.45) is 0. The first-order valence-electron chi connectivity index (χ1n) is 15.2. The van der Waals surface area contributed by atoms with Gasteiger partial charge in [0.1, 0.15) is 11.2 Å². The van der Waals surface area contributed by atoms with Crippen molar-refractivity contribution in [3.63, 3.8) is 0 Å². The van der Waals surface area contributed by atoms with Crippen LogP contribution in [0.1, 0.15) is 0 Å². The van der Waals surface area contributed by atoms with E-state index in [1.54, 1.807) is 0 Å². The van der Waals surface area contributed by atoms with Crippen molar-refractivity contribution in [2.75, 3.05) is 4.90 Å². The van der Waals surface area contributed by atoms with Gasteiger partial charge in [-0.25, -0.2) is 0 Å². The highest BCUT2D eigenvalue weighted by molar-refractivity contribution is 7.26. The number of para-hydroxylation sites is 1. The lowest BCUT2D eigenvalue weighted by molar-refractivity contribution is 0.669. The molecule has 0 radical (unpaired) electrons. The fourth-order valence-electron chi connectivity index (χ4n) is 6.63. The second-order valence-corrected chi connectivity index (χ2v) is 12.4. The lowest BCUT2D eigenvalue weighted by Gasteiger charge is -2.29. The van der Waals surface area contributed by atoms with Gasteiger partial charge in [-0.15, -0.1) is 11.3 Å². The summed E-state index contributed by atoms with van der Waals surface area (Å²) in [5.41, 5.74) is 9.85. The number of nitrogens with zero attached hydrogens (tertiary/aromatic N) is 1. The topological polar surface area (TPSA) is 16.4 Å². The van der Waals surface area contributed by atoms with Crippen molar-refractivity contribution in [2.45, 2.75) is 0 Å². The Kier molecular flexibility index (Phi) is 6.03. The molecular weight excluding hydrogens is 567 g/mol. The SMILES string of the molecule is c1ccc(-c2cccc(N(c3c(-c4ccccc4)ccc4c3sc3ccccc34)c3cccc4oc5ccccc5c34)c2)cc1. The summed E-state index contributed by atoms with van der Waals surface area (Å²) in [6, 6.07) is 58.4. The molecule has 0 amide bonds. The Labute approximate surface area is 265 Å². The van der Waals surface area contributed by atoms with Crippen molar-refractivity contribution >= 4 is 70.5 Å². The van der Waals surface area contributed by atoms with Crippen molar-refractivity contribution in [1.29, 1.82) is 0 Å². The summed E-state index contributed by atoms with van der Waals surface area (Å²) in [5, 5.41) is 4.76. The van der Waals surface area contributed by atoms with Gasteiger partial charge < -0.3 is 9.32 Å². The molecule has 0 spiro atoms. The molecule has 0 aliphatic rings. The van der Waals surface area contributed by atoms with Gasteiger partial charge in [-0.1, -0.05) is 127 Å². The highest BCUT2D eigenvalue weighted by Gasteiger charge is 2.25. The Morgan fingerprint density at radius 1 is 0.467 bits per heavy atom. The molecule has 0 atom stereocenters. The first-order valence-corrected chi connectivity index (χ1v) is 16.0. The van der Waals surface area contributed by atoms with Crippen LogP contribution in [0.2, 0.25) is 0 Å². The third-order valence-electron chi connectivity index (χ3n) is 8.66. The summed E-state index contributed by atoms with van der Waals surface area (Å²) < 4.78 is 8.97. The summed E-state index contributed by atoms with van der Waals surface area (Å²) in [6.45, 7) is 0. The van der Waals surface area contributed by atoms with Crippen LogP contribution in [-0.4, -0.2) is 0 Å². The Morgan fingerprint density at radius 2 is 1.13 bits per heavy atom. The van der Waals surface area contributed by atoms with Crippen molar-refractivity contribution in [1.82, 2.24) is 0 Å². The monoisotopic (exact) mass is 593 g/mol. The van der Waals surface area contributed by atoms with Crippen molar-refractivity contribution in [3.05, 3.63) is 164 Å². The van der Waals surface area contributed by atoms with Crippen molar-refractivity contribution in [2.24, 2.45) is 0 Å². The van der Waals surface area contributed by atoms with Crippen LogP contribution in [0.15, 0.2) is 168 Å². The highest BCUT2D eigenvalue weighted by Crippen LogP contribution is 2.51. The molecule has 3 heteroatoms. The van der Waals surface area contributed by atoms with Crippen LogP contribution in [0.5, 0.6) is 0 Å². The van der Waals surface area contributed by atoms with Gasteiger partial charge >= 0.3 is 0 Å². The van der Waals surface area contributed by atoms with E-state index in [2.05, 4.69) is 163 Å². The van der Waals surface area contributed by atoms with Crippen LogP contribution < -0.4 is 4.90 Å². The molecule has 9 rings (SSSR count). The first-order chi connectivity index (χ1) is 22.3. The van der Waals surface area contributed by atoms with E-state index in [4.69, 9.17) is 4.42 Å². The van der Waals surface area contributed by atoms with E-state index in [0.29, 0.717) is 0 Å². The normalized spacial score (nSPS) is 11.6. The molecule has 2 nitrogen and oxygen atoms in total. The Morgan fingerprint density at radius 3 is 1.98 bits per heavy atom. The Hall–Kier alpha value is -5.64. The van der Waals surface area contributed by atoms with Gasteiger partial charge in [0.25, 0.3) is 0 Å². The Balaban J connectivity index is 1.44. The molecule has 2 heterocycles. The number of fused-ring (bicyclic) bond motifs is 6. The van der Waals surface area contributed by atoms with Gasteiger partial charge in [0.05, 0.1) is 21.5 Å². The van der Waals surface area contributed by atoms with E-state index in [-0.39, 0.29) is 0 Å². The third kappa shape index (κ3) is 4.24.